The molecule has 10 nitrogen and oxygen atoms in total. The molecular formula is C12H14N10S2. The summed E-state index contributed by atoms with van der Waals surface area (Å²) in [6, 6.07) is -0.123. The highest BCUT2D eigenvalue weighted by Crippen LogP contribution is 2.23. The Bertz CT molecular complexity index is 857. The first-order valence-corrected chi connectivity index (χ1v) is 9.09. The molecule has 0 radical (unpaired) electrons. The van der Waals surface area contributed by atoms with E-state index in [2.05, 4.69) is 40.2 Å². The second-order valence-electron chi connectivity index (χ2n) is 4.98. The maximum atomic E-state index is 5.84. The Morgan fingerprint density at radius 3 is 2.88 bits per heavy atom. The van der Waals surface area contributed by atoms with E-state index in [9.17, 15) is 0 Å². The number of imidazole rings is 1. The third-order valence-corrected chi connectivity index (χ3v) is 5.47. The van der Waals surface area contributed by atoms with E-state index in [-0.39, 0.29) is 12.2 Å². The quantitative estimate of drug-likeness (QED) is 0.431. The number of nitrogen functional groups attached to an aromatic ring is 1. The summed E-state index contributed by atoms with van der Waals surface area (Å²) in [5.41, 5.74) is 12.9. The number of fused-ring (bicyclic) bond motifs is 2. The van der Waals surface area contributed by atoms with Gasteiger partial charge in [0.2, 0.25) is 0 Å². The number of anilines is 1. The SMILES string of the molecule is NC1=NC=N[C@H]2N=C(SCCSc3nc4ncnc(N)c4[nH]3)N[C@H]12. The second-order valence-corrected chi connectivity index (χ2v) is 7.15. The van der Waals surface area contributed by atoms with Crippen molar-refractivity contribution in [2.75, 3.05) is 17.2 Å². The van der Waals surface area contributed by atoms with Crippen LogP contribution in [-0.2, 0) is 0 Å². The molecule has 2 aromatic rings. The molecule has 0 spiro atoms. The monoisotopic (exact) mass is 362 g/mol. The van der Waals surface area contributed by atoms with Crippen LogP contribution in [0.5, 0.6) is 0 Å². The van der Waals surface area contributed by atoms with Gasteiger partial charge in [0, 0.05) is 11.5 Å². The van der Waals surface area contributed by atoms with Gasteiger partial charge in [-0.2, -0.15) is 0 Å². The maximum absolute atomic E-state index is 5.84. The molecule has 2 aliphatic rings. The molecular weight excluding hydrogens is 348 g/mol. The van der Waals surface area contributed by atoms with E-state index < -0.39 is 0 Å². The van der Waals surface area contributed by atoms with Crippen LogP contribution in [0.2, 0.25) is 0 Å². The molecule has 12 heteroatoms. The van der Waals surface area contributed by atoms with Gasteiger partial charge in [0.1, 0.15) is 30.1 Å². The lowest BCUT2D eigenvalue weighted by Gasteiger charge is -2.16. The van der Waals surface area contributed by atoms with Gasteiger partial charge in [0.15, 0.2) is 28.0 Å². The zero-order chi connectivity index (χ0) is 16.5. The van der Waals surface area contributed by atoms with Crippen LogP contribution in [0.15, 0.2) is 26.5 Å². The van der Waals surface area contributed by atoms with Crippen molar-refractivity contribution in [2.24, 2.45) is 20.7 Å². The van der Waals surface area contributed by atoms with Crippen molar-refractivity contribution in [1.29, 1.82) is 0 Å². The highest BCUT2D eigenvalue weighted by molar-refractivity contribution is 8.14. The van der Waals surface area contributed by atoms with Crippen LogP contribution in [0.3, 0.4) is 0 Å². The van der Waals surface area contributed by atoms with Crippen LogP contribution in [0.4, 0.5) is 5.82 Å². The molecule has 24 heavy (non-hydrogen) atoms. The van der Waals surface area contributed by atoms with Crippen molar-refractivity contribution in [3.8, 4) is 0 Å². The summed E-state index contributed by atoms with van der Waals surface area (Å²) >= 11 is 3.21. The number of thioether (sulfide) groups is 2. The van der Waals surface area contributed by atoms with Crippen molar-refractivity contribution in [3.05, 3.63) is 6.33 Å². The first-order valence-electron chi connectivity index (χ1n) is 7.11. The average molecular weight is 362 g/mol. The normalized spacial score (nSPS) is 22.2. The lowest BCUT2D eigenvalue weighted by atomic mass is 10.2. The van der Waals surface area contributed by atoms with Gasteiger partial charge in [-0.3, -0.25) is 0 Å². The summed E-state index contributed by atoms with van der Waals surface area (Å²) in [5, 5.41) is 4.85. The Labute approximate surface area is 145 Å². The summed E-state index contributed by atoms with van der Waals surface area (Å²) in [4.78, 5) is 28.2. The molecule has 0 aliphatic carbocycles. The van der Waals surface area contributed by atoms with Crippen molar-refractivity contribution >= 4 is 57.8 Å². The van der Waals surface area contributed by atoms with Gasteiger partial charge in [0.05, 0.1) is 0 Å². The number of hydrogen-bond acceptors (Lipinski definition) is 11. The van der Waals surface area contributed by atoms with Crippen LogP contribution in [0.1, 0.15) is 0 Å². The number of nitrogens with one attached hydrogen (secondary N) is 2. The van der Waals surface area contributed by atoms with Gasteiger partial charge in [0.25, 0.3) is 0 Å². The lowest BCUT2D eigenvalue weighted by molar-refractivity contribution is 0.648. The molecule has 6 N–H and O–H groups in total. The number of nitrogens with two attached hydrogens (primary N) is 2. The van der Waals surface area contributed by atoms with Gasteiger partial charge in [-0.1, -0.05) is 23.5 Å². The predicted octanol–water partition coefficient (Wildman–Crippen LogP) is -0.187. The van der Waals surface area contributed by atoms with E-state index in [1.54, 1.807) is 23.5 Å². The molecule has 124 valence electrons. The largest absolute Gasteiger partial charge is 0.385 e. The van der Waals surface area contributed by atoms with Crippen LogP contribution in [0, 0.1) is 0 Å². The van der Waals surface area contributed by atoms with Crippen molar-refractivity contribution < 1.29 is 0 Å². The van der Waals surface area contributed by atoms with Crippen molar-refractivity contribution in [2.45, 2.75) is 17.4 Å². The van der Waals surface area contributed by atoms with Crippen LogP contribution < -0.4 is 16.8 Å². The molecule has 4 rings (SSSR count). The molecule has 0 fully saturated rings. The number of aromatic nitrogens is 4. The fourth-order valence-electron chi connectivity index (χ4n) is 2.28. The number of H-pyrrole nitrogens is 1. The zero-order valence-corrected chi connectivity index (χ0v) is 14.0. The minimum Gasteiger partial charge on any atom is -0.385 e. The van der Waals surface area contributed by atoms with E-state index in [1.165, 1.54) is 12.7 Å². The Morgan fingerprint density at radius 2 is 2.04 bits per heavy atom. The minimum atomic E-state index is -0.199. The van der Waals surface area contributed by atoms with E-state index in [0.717, 1.165) is 21.8 Å². The van der Waals surface area contributed by atoms with Gasteiger partial charge in [-0.15, -0.1) is 0 Å². The average Bonchev–Trinajstić information content (AvgIpc) is 3.17. The first-order chi connectivity index (χ1) is 11.7. The summed E-state index contributed by atoms with van der Waals surface area (Å²) < 4.78 is 0. The number of aliphatic imine (C=N–C) groups is 3. The second kappa shape index (κ2) is 6.28. The fraction of sp³-hybridized carbons (Fsp3) is 0.333. The summed E-state index contributed by atoms with van der Waals surface area (Å²) in [6.45, 7) is 0. The first kappa shape index (κ1) is 15.2. The maximum Gasteiger partial charge on any atom is 0.183 e. The summed E-state index contributed by atoms with van der Waals surface area (Å²) in [5.74, 6) is 2.63. The molecule has 2 aliphatic heterocycles. The number of amidine groups is 2. The van der Waals surface area contributed by atoms with Crippen molar-refractivity contribution in [3.63, 3.8) is 0 Å². The van der Waals surface area contributed by atoms with Crippen LogP contribution >= 0.6 is 23.5 Å². The number of aromatic amines is 1. The molecule has 0 bridgehead atoms. The molecule has 0 saturated carbocycles. The Balaban J connectivity index is 1.30. The number of rotatable bonds is 4. The van der Waals surface area contributed by atoms with E-state index in [4.69, 9.17) is 11.5 Å². The third-order valence-electron chi connectivity index (χ3n) is 3.43. The Morgan fingerprint density at radius 1 is 1.17 bits per heavy atom. The highest BCUT2D eigenvalue weighted by atomic mass is 32.2. The molecule has 0 amide bonds. The zero-order valence-electron chi connectivity index (χ0n) is 12.4. The lowest BCUT2D eigenvalue weighted by Crippen LogP contribution is -2.46. The standard InChI is InChI=1S/C12H14N10S2/c13-7-5-9(17-3-15-7)21-11(19-5)23-1-2-24-12-20-6-8(14)16-4-18-10(6)22-12/h3-5,9H,1-2H2,(H,19,21)(H2,13,15,17)(H3,14,16,18,20,22)/t5-,9+/m1/s1. The Hall–Kier alpha value is -2.34. The van der Waals surface area contributed by atoms with E-state index >= 15 is 0 Å². The fourth-order valence-corrected chi connectivity index (χ4v) is 4.05. The van der Waals surface area contributed by atoms with Crippen molar-refractivity contribution in [1.82, 2.24) is 25.3 Å². The molecule has 4 heterocycles. The number of nitrogens with zero attached hydrogens (tertiary/aromatic N) is 6. The minimum absolute atomic E-state index is 0.123. The van der Waals surface area contributed by atoms with E-state index in [0.29, 0.717) is 22.8 Å². The van der Waals surface area contributed by atoms with E-state index in [1.807, 2.05) is 0 Å². The van der Waals surface area contributed by atoms with Crippen LogP contribution in [-0.4, -0.2) is 61.0 Å². The smallest absolute Gasteiger partial charge is 0.183 e. The van der Waals surface area contributed by atoms with Gasteiger partial charge >= 0.3 is 0 Å². The van der Waals surface area contributed by atoms with Gasteiger partial charge in [-0.05, 0) is 0 Å². The molecule has 0 unspecified atom stereocenters. The third kappa shape index (κ3) is 2.89. The predicted molar refractivity (Wildman–Crippen MR) is 97.5 cm³/mol. The number of hydrogen-bond donors (Lipinski definition) is 4. The summed E-state index contributed by atoms with van der Waals surface area (Å²) in [7, 11) is 0. The Kier molecular flexibility index (Phi) is 3.98. The van der Waals surface area contributed by atoms with Gasteiger partial charge < -0.3 is 21.8 Å². The van der Waals surface area contributed by atoms with Gasteiger partial charge in [-0.25, -0.2) is 29.9 Å². The molecule has 0 saturated heterocycles. The van der Waals surface area contributed by atoms with Crippen LogP contribution in [0.25, 0.3) is 11.2 Å². The molecule has 2 atom stereocenters. The molecule has 2 aromatic heterocycles. The highest BCUT2D eigenvalue weighted by Gasteiger charge is 2.32. The summed E-state index contributed by atoms with van der Waals surface area (Å²) in [6.07, 6.45) is 2.67. The topological polar surface area (TPSA) is 156 Å². The molecule has 0 aromatic carbocycles.